The molecule has 1 aliphatic carbocycles. The number of anilines is 1. The highest BCUT2D eigenvalue weighted by atomic mass is 19.1. The first-order valence-corrected chi connectivity index (χ1v) is 6.97. The van der Waals surface area contributed by atoms with Gasteiger partial charge in [0.2, 0.25) is 0 Å². The number of nitro groups is 1. The Morgan fingerprint density at radius 1 is 1.25 bits per heavy atom. The fourth-order valence-electron chi connectivity index (χ4n) is 2.74. The van der Waals surface area contributed by atoms with E-state index in [1.165, 1.54) is 0 Å². The first-order valence-electron chi connectivity index (χ1n) is 6.97. The van der Waals surface area contributed by atoms with Crippen LogP contribution in [-0.2, 0) is 0 Å². The Kier molecular flexibility index (Phi) is 3.33. The number of piperazine rings is 1. The third kappa shape index (κ3) is 2.47. The average molecular weight is 279 g/mol. The summed E-state index contributed by atoms with van der Waals surface area (Å²) in [6, 6.07) is 2.80. The van der Waals surface area contributed by atoms with E-state index in [1.807, 2.05) is 11.9 Å². The molecule has 0 N–H and O–H groups in total. The van der Waals surface area contributed by atoms with Crippen molar-refractivity contribution in [3.8, 4) is 0 Å². The number of likely N-dealkylation sites (N-methyl/N-ethyl adjacent to an activating group) is 1. The van der Waals surface area contributed by atoms with Gasteiger partial charge in [-0.25, -0.2) is 4.39 Å². The van der Waals surface area contributed by atoms with Crippen molar-refractivity contribution in [3.05, 3.63) is 33.6 Å². The topological polar surface area (TPSA) is 49.6 Å². The molecule has 1 aliphatic heterocycles. The van der Waals surface area contributed by atoms with Crippen molar-refractivity contribution in [2.45, 2.75) is 18.8 Å². The highest BCUT2D eigenvalue weighted by molar-refractivity contribution is 5.59. The predicted molar refractivity (Wildman–Crippen MR) is 74.7 cm³/mol. The number of nitro benzene ring substituents is 1. The van der Waals surface area contributed by atoms with Gasteiger partial charge in [-0.3, -0.25) is 10.1 Å². The highest BCUT2D eigenvalue weighted by Crippen LogP contribution is 2.46. The van der Waals surface area contributed by atoms with Gasteiger partial charge in [-0.05, 0) is 31.9 Å². The second kappa shape index (κ2) is 5.01. The minimum absolute atomic E-state index is 0.0668. The van der Waals surface area contributed by atoms with Crippen LogP contribution >= 0.6 is 0 Å². The first-order chi connectivity index (χ1) is 9.56. The number of hydrogen-bond acceptors (Lipinski definition) is 4. The van der Waals surface area contributed by atoms with E-state index in [4.69, 9.17) is 0 Å². The van der Waals surface area contributed by atoms with Crippen LogP contribution < -0.4 is 4.90 Å². The number of hydrogen-bond donors (Lipinski definition) is 0. The van der Waals surface area contributed by atoms with Gasteiger partial charge in [-0.1, -0.05) is 0 Å². The van der Waals surface area contributed by atoms with Gasteiger partial charge in [0, 0.05) is 31.7 Å². The van der Waals surface area contributed by atoms with E-state index in [-0.39, 0.29) is 11.6 Å². The quantitative estimate of drug-likeness (QED) is 0.629. The summed E-state index contributed by atoms with van der Waals surface area (Å²) in [6.07, 6.45) is 1.93. The molecule has 6 heteroatoms. The van der Waals surface area contributed by atoms with Crippen LogP contribution in [0.15, 0.2) is 12.1 Å². The van der Waals surface area contributed by atoms with Crippen molar-refractivity contribution in [3.63, 3.8) is 0 Å². The van der Waals surface area contributed by atoms with Crippen molar-refractivity contribution in [2.75, 3.05) is 38.1 Å². The van der Waals surface area contributed by atoms with E-state index in [2.05, 4.69) is 4.90 Å². The number of nitrogens with zero attached hydrogens (tertiary/aromatic N) is 3. The van der Waals surface area contributed by atoms with Gasteiger partial charge in [0.25, 0.3) is 5.69 Å². The molecule has 0 aromatic heterocycles. The fourth-order valence-corrected chi connectivity index (χ4v) is 2.74. The zero-order valence-corrected chi connectivity index (χ0v) is 11.5. The van der Waals surface area contributed by atoms with E-state index in [0.717, 1.165) is 45.1 Å². The van der Waals surface area contributed by atoms with Gasteiger partial charge in [0.1, 0.15) is 0 Å². The molecule has 108 valence electrons. The van der Waals surface area contributed by atoms with Gasteiger partial charge < -0.3 is 9.80 Å². The molecule has 0 bridgehead atoms. The Hall–Kier alpha value is -1.69. The van der Waals surface area contributed by atoms with E-state index in [9.17, 15) is 14.5 Å². The molecule has 1 saturated heterocycles. The van der Waals surface area contributed by atoms with Gasteiger partial charge >= 0.3 is 0 Å². The standard InChI is InChI=1S/C14H18FN3O2/c1-16-4-6-17(7-5-16)14-8-11(10-2-3-10)13(18(19)20)9-12(14)15/h8-10H,2-7H2,1H3. The molecular weight excluding hydrogens is 261 g/mol. The summed E-state index contributed by atoms with van der Waals surface area (Å²) in [4.78, 5) is 14.8. The van der Waals surface area contributed by atoms with Crippen LogP contribution in [-0.4, -0.2) is 43.0 Å². The predicted octanol–water partition coefficient (Wildman–Crippen LogP) is 2.36. The third-order valence-corrected chi connectivity index (χ3v) is 4.15. The molecule has 2 fully saturated rings. The molecule has 0 radical (unpaired) electrons. The molecule has 0 unspecified atom stereocenters. The van der Waals surface area contributed by atoms with Gasteiger partial charge in [-0.15, -0.1) is 0 Å². The minimum atomic E-state index is -0.481. The van der Waals surface area contributed by atoms with Gasteiger partial charge in [0.15, 0.2) is 5.82 Å². The summed E-state index contributed by atoms with van der Waals surface area (Å²) in [7, 11) is 2.04. The molecule has 0 amide bonds. The van der Waals surface area contributed by atoms with Gasteiger partial charge in [-0.2, -0.15) is 0 Å². The molecule has 0 atom stereocenters. The highest BCUT2D eigenvalue weighted by Gasteiger charge is 2.33. The maximum Gasteiger partial charge on any atom is 0.275 e. The largest absolute Gasteiger partial charge is 0.367 e. The van der Waals surface area contributed by atoms with Crippen LogP contribution in [0.3, 0.4) is 0 Å². The molecule has 1 saturated carbocycles. The third-order valence-electron chi connectivity index (χ3n) is 4.15. The molecule has 20 heavy (non-hydrogen) atoms. The van der Waals surface area contributed by atoms with Crippen molar-refractivity contribution in [1.82, 2.24) is 4.90 Å². The zero-order chi connectivity index (χ0) is 14.3. The second-order valence-corrected chi connectivity index (χ2v) is 5.68. The van der Waals surface area contributed by atoms with E-state index in [1.54, 1.807) is 6.07 Å². The summed E-state index contributed by atoms with van der Waals surface area (Å²) >= 11 is 0. The van der Waals surface area contributed by atoms with Crippen molar-refractivity contribution < 1.29 is 9.31 Å². The molecular formula is C14H18FN3O2. The summed E-state index contributed by atoms with van der Waals surface area (Å²) in [5.74, 6) is -0.243. The Bertz CT molecular complexity index is 537. The molecule has 3 rings (SSSR count). The maximum absolute atomic E-state index is 14.2. The van der Waals surface area contributed by atoms with E-state index < -0.39 is 10.7 Å². The van der Waals surface area contributed by atoms with Crippen LogP contribution in [0, 0.1) is 15.9 Å². The number of halogens is 1. The Morgan fingerprint density at radius 3 is 2.45 bits per heavy atom. The minimum Gasteiger partial charge on any atom is -0.367 e. The van der Waals surface area contributed by atoms with Crippen LogP contribution in [0.4, 0.5) is 15.8 Å². The van der Waals surface area contributed by atoms with Gasteiger partial charge in [0.05, 0.1) is 16.7 Å². The average Bonchev–Trinajstić information content (AvgIpc) is 3.24. The van der Waals surface area contributed by atoms with Crippen LogP contribution in [0.2, 0.25) is 0 Å². The monoisotopic (exact) mass is 279 g/mol. The van der Waals surface area contributed by atoms with Crippen molar-refractivity contribution in [2.24, 2.45) is 0 Å². The summed E-state index contributed by atoms with van der Waals surface area (Å²) < 4.78 is 14.2. The number of rotatable bonds is 3. The molecule has 1 heterocycles. The smallest absolute Gasteiger partial charge is 0.275 e. The number of benzene rings is 1. The first kappa shape index (κ1) is 13.3. The Labute approximate surface area is 117 Å². The lowest BCUT2D eigenvalue weighted by Gasteiger charge is -2.34. The van der Waals surface area contributed by atoms with E-state index >= 15 is 0 Å². The van der Waals surface area contributed by atoms with Crippen LogP contribution in [0.1, 0.15) is 24.3 Å². The lowest BCUT2D eigenvalue weighted by Crippen LogP contribution is -2.44. The molecule has 1 aromatic carbocycles. The summed E-state index contributed by atoms with van der Waals surface area (Å²) in [5, 5.41) is 11.1. The zero-order valence-electron chi connectivity index (χ0n) is 11.5. The Morgan fingerprint density at radius 2 is 1.90 bits per heavy atom. The fraction of sp³-hybridized carbons (Fsp3) is 0.571. The molecule has 2 aliphatic rings. The molecule has 1 aromatic rings. The van der Waals surface area contributed by atoms with Crippen molar-refractivity contribution in [1.29, 1.82) is 0 Å². The summed E-state index contributed by atoms with van der Waals surface area (Å²) in [5.41, 5.74) is 1.15. The summed E-state index contributed by atoms with van der Waals surface area (Å²) in [6.45, 7) is 3.29. The molecule has 0 spiro atoms. The second-order valence-electron chi connectivity index (χ2n) is 5.68. The SMILES string of the molecule is CN1CCN(c2cc(C3CC3)c([N+](=O)[O-])cc2F)CC1. The van der Waals surface area contributed by atoms with E-state index in [0.29, 0.717) is 11.3 Å². The normalized spacial score (nSPS) is 20.2. The maximum atomic E-state index is 14.2. The Balaban J connectivity index is 1.95. The lowest BCUT2D eigenvalue weighted by molar-refractivity contribution is -0.385. The molecule has 5 nitrogen and oxygen atoms in total. The van der Waals surface area contributed by atoms with Crippen LogP contribution in [0.25, 0.3) is 0 Å². The lowest BCUT2D eigenvalue weighted by atomic mass is 10.1. The van der Waals surface area contributed by atoms with Crippen LogP contribution in [0.5, 0.6) is 0 Å². The van der Waals surface area contributed by atoms with Crippen molar-refractivity contribution >= 4 is 11.4 Å².